The van der Waals surface area contributed by atoms with Crippen LogP contribution < -0.4 is 0 Å². The molecule has 0 spiro atoms. The second-order valence-corrected chi connectivity index (χ2v) is 5.61. The standard InChI is InChI=1S/C15H17NO3/c1-8-3-4-10(9(2)5-8)13(17)7-16-14(18)11-6-12(11)15(16)19/h3-5,11-13,17H,6-7H2,1-2H3. The molecule has 19 heavy (non-hydrogen) atoms. The van der Waals surface area contributed by atoms with Gasteiger partial charge < -0.3 is 5.11 Å². The highest BCUT2D eigenvalue weighted by atomic mass is 16.3. The third kappa shape index (κ3) is 1.96. The fourth-order valence-electron chi connectivity index (χ4n) is 2.90. The zero-order valence-electron chi connectivity index (χ0n) is 11.1. The van der Waals surface area contributed by atoms with E-state index < -0.39 is 6.10 Å². The van der Waals surface area contributed by atoms with Crippen LogP contribution in [0.25, 0.3) is 0 Å². The van der Waals surface area contributed by atoms with Crippen LogP contribution in [0.1, 0.15) is 29.2 Å². The van der Waals surface area contributed by atoms with Gasteiger partial charge in [0.15, 0.2) is 0 Å². The predicted octanol–water partition coefficient (Wildman–Crippen LogP) is 1.34. The molecule has 1 N–H and O–H groups in total. The quantitative estimate of drug-likeness (QED) is 0.833. The lowest BCUT2D eigenvalue weighted by molar-refractivity contribution is -0.143. The summed E-state index contributed by atoms with van der Waals surface area (Å²) in [5.74, 6) is -0.421. The number of amides is 2. The average Bonchev–Trinajstić information content (AvgIpc) is 3.09. The smallest absolute Gasteiger partial charge is 0.233 e. The van der Waals surface area contributed by atoms with Crippen LogP contribution in [-0.2, 0) is 9.59 Å². The number of aliphatic hydroxyl groups is 1. The van der Waals surface area contributed by atoms with E-state index in [4.69, 9.17) is 0 Å². The monoisotopic (exact) mass is 259 g/mol. The maximum atomic E-state index is 11.9. The van der Waals surface area contributed by atoms with Gasteiger partial charge in [-0.1, -0.05) is 23.8 Å². The third-order valence-corrected chi connectivity index (χ3v) is 4.10. The minimum Gasteiger partial charge on any atom is -0.387 e. The number of piperidine rings is 1. The van der Waals surface area contributed by atoms with Crippen molar-refractivity contribution in [2.45, 2.75) is 26.4 Å². The zero-order chi connectivity index (χ0) is 13.7. The van der Waals surface area contributed by atoms with E-state index in [0.29, 0.717) is 6.42 Å². The van der Waals surface area contributed by atoms with Crippen molar-refractivity contribution >= 4 is 11.8 Å². The normalized spacial score (nSPS) is 26.6. The van der Waals surface area contributed by atoms with Crippen LogP contribution in [0, 0.1) is 25.7 Å². The largest absolute Gasteiger partial charge is 0.387 e. The van der Waals surface area contributed by atoms with Crippen molar-refractivity contribution in [2.75, 3.05) is 6.54 Å². The molecule has 3 atom stereocenters. The molecule has 1 aromatic rings. The molecule has 3 unspecified atom stereocenters. The highest BCUT2D eigenvalue weighted by Gasteiger charge is 2.58. The van der Waals surface area contributed by atoms with Crippen LogP contribution in [0.2, 0.25) is 0 Å². The van der Waals surface area contributed by atoms with Crippen LogP contribution in [0.3, 0.4) is 0 Å². The van der Waals surface area contributed by atoms with Crippen molar-refractivity contribution in [3.63, 3.8) is 0 Å². The number of imide groups is 1. The molecule has 1 aliphatic heterocycles. The number of aliphatic hydroxyl groups excluding tert-OH is 1. The second kappa shape index (κ2) is 4.17. The summed E-state index contributed by atoms with van der Waals surface area (Å²) in [5, 5.41) is 10.2. The Morgan fingerprint density at radius 3 is 2.47 bits per heavy atom. The molecular formula is C15H17NO3. The number of carbonyl (C=O) groups excluding carboxylic acids is 2. The number of aryl methyl sites for hydroxylation is 2. The molecule has 2 aliphatic rings. The molecular weight excluding hydrogens is 242 g/mol. The highest BCUT2D eigenvalue weighted by molar-refractivity contribution is 6.08. The van der Waals surface area contributed by atoms with Crippen molar-refractivity contribution in [2.24, 2.45) is 11.8 Å². The molecule has 1 saturated carbocycles. The van der Waals surface area contributed by atoms with E-state index in [0.717, 1.165) is 16.7 Å². The fourth-order valence-corrected chi connectivity index (χ4v) is 2.90. The number of β-amino-alcohol motifs (C(OH)–C–C–N with tert-alkyl or cyclic N) is 1. The topological polar surface area (TPSA) is 57.6 Å². The Kier molecular flexibility index (Phi) is 2.71. The zero-order valence-corrected chi connectivity index (χ0v) is 11.1. The van der Waals surface area contributed by atoms with Gasteiger partial charge in [0, 0.05) is 0 Å². The minimum atomic E-state index is -0.800. The summed E-state index contributed by atoms with van der Waals surface area (Å²) in [6.07, 6.45) is -0.0978. The molecule has 1 heterocycles. The van der Waals surface area contributed by atoms with Crippen molar-refractivity contribution < 1.29 is 14.7 Å². The van der Waals surface area contributed by atoms with Crippen molar-refractivity contribution in [3.8, 4) is 0 Å². The van der Waals surface area contributed by atoms with Crippen molar-refractivity contribution in [1.82, 2.24) is 4.90 Å². The number of likely N-dealkylation sites (tertiary alicyclic amines) is 1. The van der Waals surface area contributed by atoms with Gasteiger partial charge in [0.1, 0.15) is 0 Å². The van der Waals surface area contributed by atoms with E-state index >= 15 is 0 Å². The van der Waals surface area contributed by atoms with Crippen LogP contribution >= 0.6 is 0 Å². The Labute approximate surface area is 112 Å². The fraction of sp³-hybridized carbons (Fsp3) is 0.467. The Hall–Kier alpha value is -1.68. The maximum absolute atomic E-state index is 11.9. The molecule has 0 radical (unpaired) electrons. The molecule has 1 aliphatic carbocycles. The van der Waals surface area contributed by atoms with E-state index in [2.05, 4.69) is 0 Å². The van der Waals surface area contributed by atoms with E-state index in [9.17, 15) is 14.7 Å². The third-order valence-electron chi connectivity index (χ3n) is 4.10. The Morgan fingerprint density at radius 1 is 1.26 bits per heavy atom. The van der Waals surface area contributed by atoms with Gasteiger partial charge in [-0.15, -0.1) is 0 Å². The summed E-state index contributed by atoms with van der Waals surface area (Å²) in [6, 6.07) is 5.78. The van der Waals surface area contributed by atoms with Gasteiger partial charge in [-0.3, -0.25) is 14.5 Å². The summed E-state index contributed by atoms with van der Waals surface area (Å²) < 4.78 is 0. The van der Waals surface area contributed by atoms with E-state index in [-0.39, 0.29) is 30.2 Å². The first-order chi connectivity index (χ1) is 8.99. The number of rotatable bonds is 3. The summed E-state index contributed by atoms with van der Waals surface area (Å²) in [4.78, 5) is 24.9. The summed E-state index contributed by atoms with van der Waals surface area (Å²) in [7, 11) is 0. The van der Waals surface area contributed by atoms with Gasteiger partial charge >= 0.3 is 0 Å². The first-order valence-corrected chi connectivity index (χ1v) is 6.59. The first kappa shape index (κ1) is 12.4. The van der Waals surface area contributed by atoms with Gasteiger partial charge in [0.05, 0.1) is 24.5 Å². The molecule has 0 bridgehead atoms. The van der Waals surface area contributed by atoms with Crippen LogP contribution in [0.15, 0.2) is 18.2 Å². The summed E-state index contributed by atoms with van der Waals surface area (Å²) in [5.41, 5.74) is 2.89. The Balaban J connectivity index is 1.76. The van der Waals surface area contributed by atoms with Gasteiger partial charge in [0.25, 0.3) is 0 Å². The van der Waals surface area contributed by atoms with Crippen LogP contribution in [0.5, 0.6) is 0 Å². The molecule has 0 aromatic heterocycles. The molecule has 4 heteroatoms. The van der Waals surface area contributed by atoms with Crippen molar-refractivity contribution in [3.05, 3.63) is 34.9 Å². The molecule has 1 aromatic carbocycles. The van der Waals surface area contributed by atoms with E-state index in [1.807, 2.05) is 32.0 Å². The summed E-state index contributed by atoms with van der Waals surface area (Å²) >= 11 is 0. The predicted molar refractivity (Wildman–Crippen MR) is 69.2 cm³/mol. The molecule has 3 rings (SSSR count). The molecule has 1 saturated heterocycles. The Morgan fingerprint density at radius 2 is 1.89 bits per heavy atom. The maximum Gasteiger partial charge on any atom is 0.233 e. The number of fused-ring (bicyclic) bond motifs is 1. The first-order valence-electron chi connectivity index (χ1n) is 6.59. The van der Waals surface area contributed by atoms with Crippen molar-refractivity contribution in [1.29, 1.82) is 0 Å². The van der Waals surface area contributed by atoms with E-state index in [1.165, 1.54) is 4.90 Å². The van der Waals surface area contributed by atoms with Crippen LogP contribution in [0.4, 0.5) is 0 Å². The highest BCUT2D eigenvalue weighted by Crippen LogP contribution is 2.47. The van der Waals surface area contributed by atoms with Gasteiger partial charge in [-0.25, -0.2) is 0 Å². The van der Waals surface area contributed by atoms with Crippen LogP contribution in [-0.4, -0.2) is 28.4 Å². The molecule has 4 nitrogen and oxygen atoms in total. The lowest BCUT2D eigenvalue weighted by Gasteiger charge is -2.21. The second-order valence-electron chi connectivity index (χ2n) is 5.61. The number of carbonyl (C=O) groups is 2. The lowest BCUT2D eigenvalue weighted by Crippen LogP contribution is -2.36. The average molecular weight is 259 g/mol. The SMILES string of the molecule is Cc1ccc(C(O)CN2C(=O)C3CC3C2=O)c(C)c1. The molecule has 2 amide bonds. The molecule has 100 valence electrons. The Bertz CT molecular complexity index is 547. The van der Waals surface area contributed by atoms with Gasteiger partial charge in [0.2, 0.25) is 11.8 Å². The van der Waals surface area contributed by atoms with E-state index in [1.54, 1.807) is 0 Å². The van der Waals surface area contributed by atoms with Gasteiger partial charge in [-0.05, 0) is 31.4 Å². The number of nitrogens with zero attached hydrogens (tertiary/aromatic N) is 1. The molecule has 2 fully saturated rings. The minimum absolute atomic E-state index is 0.0779. The summed E-state index contributed by atoms with van der Waals surface area (Å²) in [6.45, 7) is 4.00. The van der Waals surface area contributed by atoms with Gasteiger partial charge in [-0.2, -0.15) is 0 Å². The number of hydrogen-bond acceptors (Lipinski definition) is 3. The number of benzene rings is 1. The lowest BCUT2D eigenvalue weighted by atomic mass is 10.0. The number of hydrogen-bond donors (Lipinski definition) is 1.